The minimum Gasteiger partial charge on any atom is -0.790 e. The third kappa shape index (κ3) is 1.25. The van der Waals surface area contributed by atoms with Gasteiger partial charge in [-0.1, -0.05) is 30.3 Å². The molecule has 0 spiro atoms. The average molecular weight is 135 g/mol. The Morgan fingerprint density at radius 3 is 2.40 bits per heavy atom. The molecule has 0 atom stereocenters. The molecule has 0 aliphatic heterocycles. The molecule has 0 saturated heterocycles. The maximum absolute atomic E-state index is 9.89. The molecule has 0 unspecified atom stereocenters. The van der Waals surface area contributed by atoms with Crippen molar-refractivity contribution in [1.29, 1.82) is 0 Å². The molecule has 0 bridgehead atoms. The number of amidine groups is 1. The van der Waals surface area contributed by atoms with Crippen LogP contribution in [0.5, 0.6) is 0 Å². The molecule has 2 N–H and O–H groups in total. The highest BCUT2D eigenvalue weighted by Gasteiger charge is 1.90. The average Bonchev–Trinajstić information content (AvgIpc) is 2.05. The lowest BCUT2D eigenvalue weighted by Gasteiger charge is -2.00. The SMILES string of the molecule is NC(=N[O-])c1ccccc1. The normalized spacial score (nSPS) is 11.4. The van der Waals surface area contributed by atoms with Gasteiger partial charge in [-0.05, 0) is 0 Å². The van der Waals surface area contributed by atoms with Crippen LogP contribution in [0.15, 0.2) is 35.5 Å². The van der Waals surface area contributed by atoms with Gasteiger partial charge in [0.05, 0.1) is 0 Å². The molecule has 0 heterocycles. The predicted octanol–water partition coefficient (Wildman–Crippen LogP) is 0.890. The van der Waals surface area contributed by atoms with Crippen molar-refractivity contribution in [3.63, 3.8) is 0 Å². The molecule has 1 aromatic carbocycles. The van der Waals surface area contributed by atoms with Crippen molar-refractivity contribution in [3.05, 3.63) is 41.1 Å². The number of benzene rings is 1. The summed E-state index contributed by atoms with van der Waals surface area (Å²) >= 11 is 0. The Kier molecular flexibility index (Phi) is 1.89. The van der Waals surface area contributed by atoms with Gasteiger partial charge in [-0.2, -0.15) is 0 Å². The van der Waals surface area contributed by atoms with Crippen molar-refractivity contribution >= 4 is 5.84 Å². The maximum atomic E-state index is 9.89. The Morgan fingerprint density at radius 1 is 1.30 bits per heavy atom. The lowest BCUT2D eigenvalue weighted by Crippen LogP contribution is -2.11. The molecule has 3 heteroatoms. The Labute approximate surface area is 58.8 Å². The molecule has 3 nitrogen and oxygen atoms in total. The Bertz CT molecular complexity index is 231. The van der Waals surface area contributed by atoms with E-state index in [1.807, 2.05) is 6.07 Å². The second kappa shape index (κ2) is 2.87. The Morgan fingerprint density at radius 2 is 1.90 bits per heavy atom. The van der Waals surface area contributed by atoms with E-state index in [2.05, 4.69) is 5.16 Å². The highest BCUT2D eigenvalue weighted by Crippen LogP contribution is 1.96. The first kappa shape index (κ1) is 6.61. The summed E-state index contributed by atoms with van der Waals surface area (Å²) in [7, 11) is 0. The number of hydrogen-bond donors (Lipinski definition) is 1. The van der Waals surface area contributed by atoms with E-state index in [-0.39, 0.29) is 5.84 Å². The molecule has 0 aliphatic rings. The van der Waals surface area contributed by atoms with Gasteiger partial charge in [0, 0.05) is 5.56 Å². The van der Waals surface area contributed by atoms with Crippen LogP contribution in [0.2, 0.25) is 0 Å². The quantitative estimate of drug-likeness (QED) is 0.353. The zero-order valence-electron chi connectivity index (χ0n) is 5.32. The van der Waals surface area contributed by atoms with E-state index in [4.69, 9.17) is 5.73 Å². The van der Waals surface area contributed by atoms with Crippen LogP contribution in [-0.4, -0.2) is 5.84 Å². The number of nitrogens with zero attached hydrogens (tertiary/aromatic N) is 1. The summed E-state index contributed by atoms with van der Waals surface area (Å²) in [6.07, 6.45) is 0. The lowest BCUT2D eigenvalue weighted by molar-refractivity contribution is 1.49. The van der Waals surface area contributed by atoms with Crippen molar-refractivity contribution < 1.29 is 0 Å². The van der Waals surface area contributed by atoms with Gasteiger partial charge >= 0.3 is 0 Å². The Hall–Kier alpha value is -1.51. The van der Waals surface area contributed by atoms with Crippen molar-refractivity contribution in [1.82, 2.24) is 0 Å². The zero-order valence-corrected chi connectivity index (χ0v) is 5.32. The first-order chi connectivity index (χ1) is 4.84. The largest absolute Gasteiger partial charge is 0.790 e. The highest BCUT2D eigenvalue weighted by molar-refractivity contribution is 5.97. The summed E-state index contributed by atoms with van der Waals surface area (Å²) < 4.78 is 0. The molecule has 10 heavy (non-hydrogen) atoms. The molecule has 1 rings (SSSR count). The van der Waals surface area contributed by atoms with Crippen LogP contribution in [-0.2, 0) is 0 Å². The fraction of sp³-hybridized carbons (Fsp3) is 0. The minimum absolute atomic E-state index is 0.0283. The van der Waals surface area contributed by atoms with Crippen LogP contribution in [0.3, 0.4) is 0 Å². The summed E-state index contributed by atoms with van der Waals surface area (Å²) in [5.41, 5.74) is 5.90. The van der Waals surface area contributed by atoms with Crippen molar-refractivity contribution in [2.45, 2.75) is 0 Å². The van der Waals surface area contributed by atoms with Gasteiger partial charge in [-0.25, -0.2) is 0 Å². The van der Waals surface area contributed by atoms with Crippen LogP contribution in [0.1, 0.15) is 5.56 Å². The third-order valence-electron chi connectivity index (χ3n) is 1.17. The second-order valence-electron chi connectivity index (χ2n) is 1.84. The summed E-state index contributed by atoms with van der Waals surface area (Å²) in [6, 6.07) is 8.91. The molecule has 52 valence electrons. The molecule has 0 fully saturated rings. The standard InChI is InChI=1S/C7H8N2O/c8-7(9-10)6-4-2-1-3-5-6/h1-5,10H,(H2,8,9)/p-1. The minimum atomic E-state index is 0.0283. The van der Waals surface area contributed by atoms with Gasteiger partial charge in [0.25, 0.3) is 0 Å². The maximum Gasteiger partial charge on any atom is 0.121 e. The summed E-state index contributed by atoms with van der Waals surface area (Å²) in [5.74, 6) is 0.0283. The van der Waals surface area contributed by atoms with E-state index in [0.29, 0.717) is 5.56 Å². The number of rotatable bonds is 1. The molecular weight excluding hydrogens is 128 g/mol. The Balaban J connectivity index is 2.96. The van der Waals surface area contributed by atoms with Crippen LogP contribution in [0.4, 0.5) is 0 Å². The first-order valence-corrected chi connectivity index (χ1v) is 2.86. The lowest BCUT2D eigenvalue weighted by atomic mass is 10.2. The molecule has 0 aromatic heterocycles. The van der Waals surface area contributed by atoms with E-state index in [0.717, 1.165) is 0 Å². The van der Waals surface area contributed by atoms with Gasteiger partial charge in [0.2, 0.25) is 0 Å². The van der Waals surface area contributed by atoms with Gasteiger partial charge < -0.3 is 16.1 Å². The molecule has 0 aliphatic carbocycles. The van der Waals surface area contributed by atoms with Crippen LogP contribution in [0, 0.1) is 5.21 Å². The fourth-order valence-electron chi connectivity index (χ4n) is 0.662. The molecular formula is C7H7N2O-. The summed E-state index contributed by atoms with van der Waals surface area (Å²) in [6.45, 7) is 0. The third-order valence-corrected chi connectivity index (χ3v) is 1.17. The van der Waals surface area contributed by atoms with Gasteiger partial charge in [-0.3, -0.25) is 0 Å². The van der Waals surface area contributed by atoms with Crippen LogP contribution < -0.4 is 5.73 Å². The topological polar surface area (TPSA) is 61.4 Å². The smallest absolute Gasteiger partial charge is 0.121 e. The van der Waals surface area contributed by atoms with Crippen molar-refractivity contribution in [3.8, 4) is 0 Å². The molecule has 0 saturated carbocycles. The van der Waals surface area contributed by atoms with Crippen LogP contribution >= 0.6 is 0 Å². The predicted molar refractivity (Wildman–Crippen MR) is 40.5 cm³/mol. The van der Waals surface area contributed by atoms with Gasteiger partial charge in [-0.15, -0.1) is 0 Å². The van der Waals surface area contributed by atoms with E-state index in [1.165, 1.54) is 0 Å². The van der Waals surface area contributed by atoms with E-state index >= 15 is 0 Å². The van der Waals surface area contributed by atoms with Gasteiger partial charge in [0.15, 0.2) is 0 Å². The molecule has 1 aromatic rings. The van der Waals surface area contributed by atoms with E-state index in [1.54, 1.807) is 24.3 Å². The molecule has 0 amide bonds. The van der Waals surface area contributed by atoms with Gasteiger partial charge in [0.1, 0.15) is 5.84 Å². The van der Waals surface area contributed by atoms with Crippen molar-refractivity contribution in [2.75, 3.05) is 0 Å². The molecule has 0 radical (unpaired) electrons. The number of nitrogens with two attached hydrogens (primary N) is 1. The summed E-state index contributed by atoms with van der Waals surface area (Å²) in [5, 5.41) is 12.5. The summed E-state index contributed by atoms with van der Waals surface area (Å²) in [4.78, 5) is 0. The highest BCUT2D eigenvalue weighted by atomic mass is 16.4. The van der Waals surface area contributed by atoms with Crippen molar-refractivity contribution in [2.24, 2.45) is 10.9 Å². The van der Waals surface area contributed by atoms with E-state index < -0.39 is 0 Å². The van der Waals surface area contributed by atoms with Crippen LogP contribution in [0.25, 0.3) is 0 Å². The first-order valence-electron chi connectivity index (χ1n) is 2.86. The second-order valence-corrected chi connectivity index (χ2v) is 1.84. The fourth-order valence-corrected chi connectivity index (χ4v) is 0.662. The monoisotopic (exact) mass is 135 g/mol. The number of hydrogen-bond acceptors (Lipinski definition) is 2. The van der Waals surface area contributed by atoms with E-state index in [9.17, 15) is 5.21 Å². The zero-order chi connectivity index (χ0) is 7.40.